The van der Waals surface area contributed by atoms with Crippen LogP contribution in [0.2, 0.25) is 0 Å². The van der Waals surface area contributed by atoms with Gasteiger partial charge in [-0.1, -0.05) is 0 Å². The molecule has 4 nitrogen and oxygen atoms in total. The first-order chi connectivity index (χ1) is 10.7. The van der Waals surface area contributed by atoms with Crippen LogP contribution in [-0.2, 0) is 14.2 Å². The fraction of sp³-hybridized carbons (Fsp3) is 1.00. The molecule has 7 fully saturated rings. The third-order valence-electron chi connectivity index (χ3n) is 7.16. The monoisotopic (exact) mass is 308 g/mol. The van der Waals surface area contributed by atoms with Gasteiger partial charge in [-0.25, -0.2) is 0 Å². The van der Waals surface area contributed by atoms with E-state index in [0.717, 1.165) is 38.9 Å². The highest BCUT2D eigenvalue weighted by molar-refractivity contribution is 5.01. The Morgan fingerprint density at radius 1 is 0.727 bits per heavy atom. The van der Waals surface area contributed by atoms with Crippen LogP contribution in [0.15, 0.2) is 0 Å². The molecule has 0 spiro atoms. The lowest BCUT2D eigenvalue weighted by molar-refractivity contribution is -0.0768. The molecule has 5 heterocycles. The van der Waals surface area contributed by atoms with E-state index in [1.54, 1.807) is 0 Å². The summed E-state index contributed by atoms with van der Waals surface area (Å²) in [4.78, 5) is 0. The number of hydrogen-bond acceptors (Lipinski definition) is 4. The van der Waals surface area contributed by atoms with Crippen LogP contribution < -0.4 is 0 Å². The minimum Gasteiger partial charge on any atom is -0.390 e. The van der Waals surface area contributed by atoms with Crippen molar-refractivity contribution in [3.8, 4) is 0 Å². The minimum absolute atomic E-state index is 0.301. The van der Waals surface area contributed by atoms with E-state index in [1.807, 2.05) is 0 Å². The maximum absolute atomic E-state index is 11.1. The Morgan fingerprint density at radius 3 is 1.86 bits per heavy atom. The largest absolute Gasteiger partial charge is 0.390 e. The predicted molar refractivity (Wildman–Crippen MR) is 80.5 cm³/mol. The zero-order valence-electron chi connectivity index (χ0n) is 13.3. The summed E-state index contributed by atoms with van der Waals surface area (Å²) in [5.41, 5.74) is -0.396. The first-order valence-electron chi connectivity index (χ1n) is 9.34. The molecule has 0 radical (unpaired) electrons. The Bertz CT molecular complexity index is 423. The van der Waals surface area contributed by atoms with Gasteiger partial charge in [0.2, 0.25) is 0 Å². The fourth-order valence-corrected chi connectivity index (χ4v) is 5.57. The van der Waals surface area contributed by atoms with Crippen LogP contribution in [0.4, 0.5) is 0 Å². The van der Waals surface area contributed by atoms with E-state index in [2.05, 4.69) is 0 Å². The molecule has 124 valence electrons. The first kappa shape index (κ1) is 14.2. The molecule has 4 heteroatoms. The van der Waals surface area contributed by atoms with Crippen LogP contribution in [0.1, 0.15) is 51.4 Å². The molecule has 0 amide bonds. The van der Waals surface area contributed by atoms with Gasteiger partial charge in [0, 0.05) is 0 Å². The zero-order valence-corrected chi connectivity index (χ0v) is 13.3. The van der Waals surface area contributed by atoms with Crippen LogP contribution in [0.5, 0.6) is 0 Å². The van der Waals surface area contributed by atoms with Crippen molar-refractivity contribution in [2.24, 2.45) is 17.8 Å². The van der Waals surface area contributed by atoms with E-state index in [-0.39, 0.29) is 0 Å². The van der Waals surface area contributed by atoms with E-state index in [9.17, 15) is 5.11 Å². The normalized spacial score (nSPS) is 57.4. The van der Waals surface area contributed by atoms with Crippen molar-refractivity contribution in [2.45, 2.75) is 81.4 Å². The van der Waals surface area contributed by atoms with Gasteiger partial charge in [0.05, 0.1) is 31.0 Å². The molecule has 5 saturated heterocycles. The highest BCUT2D eigenvalue weighted by Gasteiger charge is 2.52. The lowest BCUT2D eigenvalue weighted by Crippen LogP contribution is -2.44. The van der Waals surface area contributed by atoms with Crippen LogP contribution >= 0.6 is 0 Å². The Hall–Kier alpha value is -0.160. The maximum Gasteiger partial charge on any atom is 0.108 e. The Kier molecular flexibility index (Phi) is 3.34. The zero-order chi connectivity index (χ0) is 14.7. The molecule has 22 heavy (non-hydrogen) atoms. The van der Waals surface area contributed by atoms with Crippen molar-refractivity contribution in [1.29, 1.82) is 0 Å². The standard InChI is InChI=1S/C18H28O4/c19-18-7-5-12(6-8-18)17-15(22-17)10-20-9-14-16(21-14)11-1-3-13(18)4-2-11/h11-17,19H,1-10H2. The SMILES string of the molecule is OC12CCC(CC1)C1OC1COCC1OC1C1CCC2CC1. The first-order valence-corrected chi connectivity index (χ1v) is 9.34. The Morgan fingerprint density at radius 2 is 1.27 bits per heavy atom. The second-order valence-corrected chi connectivity index (χ2v) is 8.37. The van der Waals surface area contributed by atoms with E-state index in [1.165, 1.54) is 25.7 Å². The van der Waals surface area contributed by atoms with Crippen LogP contribution in [0, 0.1) is 17.8 Å². The number of aliphatic hydroxyl groups is 1. The quantitative estimate of drug-likeness (QED) is 0.698. The summed E-state index contributed by atoms with van der Waals surface area (Å²) in [6.07, 6.45) is 10.5. The summed E-state index contributed by atoms with van der Waals surface area (Å²) in [5.74, 6) is 1.85. The summed E-state index contributed by atoms with van der Waals surface area (Å²) < 4.78 is 17.5. The van der Waals surface area contributed by atoms with Crippen LogP contribution in [0.3, 0.4) is 0 Å². The maximum atomic E-state index is 11.1. The van der Waals surface area contributed by atoms with Crippen molar-refractivity contribution in [3.63, 3.8) is 0 Å². The molecule has 4 atom stereocenters. The summed E-state index contributed by atoms with van der Waals surface area (Å²) in [6.45, 7) is 1.47. The lowest BCUT2D eigenvalue weighted by Gasteiger charge is -2.44. The van der Waals surface area contributed by atoms with Crippen molar-refractivity contribution < 1.29 is 19.3 Å². The fourth-order valence-electron chi connectivity index (χ4n) is 5.57. The molecule has 1 N–H and O–H groups in total. The number of hydrogen-bond donors (Lipinski definition) is 1. The molecule has 4 unspecified atom stereocenters. The predicted octanol–water partition coefficient (Wildman–Crippen LogP) is 2.28. The summed E-state index contributed by atoms with van der Waals surface area (Å²) in [7, 11) is 0. The van der Waals surface area contributed by atoms with Gasteiger partial charge in [0.15, 0.2) is 0 Å². The Labute approximate surface area is 132 Å². The molecule has 7 rings (SSSR count). The number of epoxide rings is 2. The van der Waals surface area contributed by atoms with E-state index in [0.29, 0.717) is 42.2 Å². The minimum atomic E-state index is -0.396. The van der Waals surface area contributed by atoms with Gasteiger partial charge in [-0.3, -0.25) is 0 Å². The molecule has 0 aromatic rings. The third kappa shape index (κ3) is 2.43. The average Bonchev–Trinajstić information content (AvgIpc) is 3.44. The van der Waals surface area contributed by atoms with E-state index < -0.39 is 5.60 Å². The second-order valence-electron chi connectivity index (χ2n) is 8.37. The number of rotatable bonds is 0. The molecule has 2 saturated carbocycles. The van der Waals surface area contributed by atoms with Gasteiger partial charge < -0.3 is 19.3 Å². The molecule has 2 aliphatic carbocycles. The molecule has 5 aliphatic heterocycles. The summed E-state index contributed by atoms with van der Waals surface area (Å²) >= 11 is 0. The molecule has 0 aromatic heterocycles. The van der Waals surface area contributed by atoms with Crippen molar-refractivity contribution in [1.82, 2.24) is 0 Å². The highest BCUT2D eigenvalue weighted by Crippen LogP contribution is 2.49. The highest BCUT2D eigenvalue weighted by atomic mass is 16.6. The smallest absolute Gasteiger partial charge is 0.108 e. The van der Waals surface area contributed by atoms with E-state index in [4.69, 9.17) is 14.2 Å². The van der Waals surface area contributed by atoms with Gasteiger partial charge in [0.1, 0.15) is 12.2 Å². The molecule has 7 aliphatic rings. The van der Waals surface area contributed by atoms with Gasteiger partial charge >= 0.3 is 0 Å². The van der Waals surface area contributed by atoms with Crippen molar-refractivity contribution >= 4 is 0 Å². The molecular formula is C18H28O4. The average molecular weight is 308 g/mol. The topological polar surface area (TPSA) is 54.5 Å². The van der Waals surface area contributed by atoms with Crippen molar-refractivity contribution in [2.75, 3.05) is 13.2 Å². The van der Waals surface area contributed by atoms with Gasteiger partial charge in [-0.15, -0.1) is 0 Å². The summed E-state index contributed by atoms with van der Waals surface area (Å²) in [5, 5.41) is 11.1. The van der Waals surface area contributed by atoms with Gasteiger partial charge in [0.25, 0.3) is 0 Å². The lowest BCUT2D eigenvalue weighted by atomic mass is 9.65. The second kappa shape index (κ2) is 5.17. The molecular weight excluding hydrogens is 280 g/mol. The Balaban J connectivity index is 1.32. The van der Waals surface area contributed by atoms with E-state index >= 15 is 0 Å². The van der Waals surface area contributed by atoms with Gasteiger partial charge in [-0.05, 0) is 69.1 Å². The molecule has 4 bridgehead atoms. The number of ether oxygens (including phenoxy) is 3. The van der Waals surface area contributed by atoms with Crippen molar-refractivity contribution in [3.05, 3.63) is 0 Å². The third-order valence-corrected chi connectivity index (χ3v) is 7.16. The van der Waals surface area contributed by atoms with Crippen LogP contribution in [-0.4, -0.2) is 48.3 Å². The van der Waals surface area contributed by atoms with Crippen LogP contribution in [0.25, 0.3) is 0 Å². The van der Waals surface area contributed by atoms with Gasteiger partial charge in [-0.2, -0.15) is 0 Å². The molecule has 0 aromatic carbocycles. The number of fused-ring (bicyclic) bond motifs is 2. The summed E-state index contributed by atoms with van der Waals surface area (Å²) in [6, 6.07) is 0.